The van der Waals surface area contributed by atoms with Crippen LogP contribution >= 0.6 is 0 Å². The van der Waals surface area contributed by atoms with Gasteiger partial charge in [-0.25, -0.2) is 0 Å². The molecule has 0 bridgehead atoms. The summed E-state index contributed by atoms with van der Waals surface area (Å²) in [7, 11) is 0. The van der Waals surface area contributed by atoms with Crippen molar-refractivity contribution in [3.8, 4) is 11.1 Å². The van der Waals surface area contributed by atoms with E-state index in [-0.39, 0.29) is 5.69 Å². The number of aryl methyl sites for hydroxylation is 1. The number of hydrogen-bond acceptors (Lipinski definition) is 1. The van der Waals surface area contributed by atoms with Crippen molar-refractivity contribution in [3.05, 3.63) is 53.6 Å². The van der Waals surface area contributed by atoms with Gasteiger partial charge in [0.15, 0.2) is 0 Å². The highest BCUT2D eigenvalue weighted by Crippen LogP contribution is 2.35. The summed E-state index contributed by atoms with van der Waals surface area (Å²) in [5, 5.41) is 2.41. The van der Waals surface area contributed by atoms with E-state index >= 15 is 0 Å². The van der Waals surface area contributed by atoms with Gasteiger partial charge in [-0.2, -0.15) is 13.2 Å². The quantitative estimate of drug-likeness (QED) is 0.859. The highest BCUT2D eigenvalue weighted by molar-refractivity contribution is 5.89. The van der Waals surface area contributed by atoms with E-state index in [4.69, 9.17) is 0 Å². The molecule has 0 aliphatic carbocycles. The first-order valence-corrected chi connectivity index (χ1v) is 6.89. The van der Waals surface area contributed by atoms with Gasteiger partial charge in [-0.3, -0.25) is 4.79 Å². The van der Waals surface area contributed by atoms with E-state index < -0.39 is 17.6 Å². The Morgan fingerprint density at radius 2 is 1.68 bits per heavy atom. The Bertz CT molecular complexity index is 675. The molecule has 2 nitrogen and oxygen atoms in total. The summed E-state index contributed by atoms with van der Waals surface area (Å²) in [5.41, 5.74) is 1.55. The standard InChI is InChI=1S/C17H16F3NO/c1-3-12-4-6-13(7-5-12)14-8-15(17(18,19)20)10-16(9-14)21-11(2)22/h4-10H,3H2,1-2H3,(H,21,22). The van der Waals surface area contributed by atoms with Gasteiger partial charge >= 0.3 is 6.18 Å². The Balaban J connectivity index is 2.50. The monoisotopic (exact) mass is 307 g/mol. The third-order valence-corrected chi connectivity index (χ3v) is 3.28. The van der Waals surface area contributed by atoms with Crippen LogP contribution in [0.1, 0.15) is 25.0 Å². The summed E-state index contributed by atoms with van der Waals surface area (Å²) in [4.78, 5) is 11.1. The molecule has 0 aromatic heterocycles. The van der Waals surface area contributed by atoms with E-state index in [1.807, 2.05) is 19.1 Å². The lowest BCUT2D eigenvalue weighted by Crippen LogP contribution is -2.10. The zero-order valence-corrected chi connectivity index (χ0v) is 12.3. The number of carbonyl (C=O) groups is 1. The van der Waals surface area contributed by atoms with Crippen LogP contribution in [-0.2, 0) is 17.4 Å². The van der Waals surface area contributed by atoms with Crippen molar-refractivity contribution in [1.29, 1.82) is 0 Å². The van der Waals surface area contributed by atoms with Crippen LogP contribution in [0.4, 0.5) is 18.9 Å². The summed E-state index contributed by atoms with van der Waals surface area (Å²) in [5.74, 6) is -0.411. The fourth-order valence-electron chi connectivity index (χ4n) is 2.17. The molecular formula is C17H16F3NO. The van der Waals surface area contributed by atoms with Gasteiger partial charge in [0, 0.05) is 12.6 Å². The van der Waals surface area contributed by atoms with Gasteiger partial charge in [0.2, 0.25) is 5.91 Å². The molecule has 5 heteroatoms. The molecule has 0 saturated heterocycles. The summed E-state index contributed by atoms with van der Waals surface area (Å²) in [6.07, 6.45) is -3.60. The molecule has 0 aliphatic heterocycles. The fourth-order valence-corrected chi connectivity index (χ4v) is 2.17. The molecule has 0 unspecified atom stereocenters. The number of nitrogens with one attached hydrogen (secondary N) is 1. The Hall–Kier alpha value is -2.30. The van der Waals surface area contributed by atoms with Crippen molar-refractivity contribution in [1.82, 2.24) is 0 Å². The molecule has 1 N–H and O–H groups in total. The second-order valence-electron chi connectivity index (χ2n) is 5.03. The zero-order chi connectivity index (χ0) is 16.3. The van der Waals surface area contributed by atoms with Crippen molar-refractivity contribution in [2.45, 2.75) is 26.4 Å². The minimum Gasteiger partial charge on any atom is -0.326 e. The highest BCUT2D eigenvalue weighted by atomic mass is 19.4. The molecule has 0 atom stereocenters. The third kappa shape index (κ3) is 3.87. The maximum Gasteiger partial charge on any atom is 0.416 e. The van der Waals surface area contributed by atoms with Crippen LogP contribution in [0, 0.1) is 0 Å². The summed E-state index contributed by atoms with van der Waals surface area (Å²) < 4.78 is 39.0. The number of alkyl halides is 3. The topological polar surface area (TPSA) is 29.1 Å². The molecule has 0 spiro atoms. The van der Waals surface area contributed by atoms with Gasteiger partial charge in [0.25, 0.3) is 0 Å². The fraction of sp³-hybridized carbons (Fsp3) is 0.235. The molecule has 2 aromatic carbocycles. The van der Waals surface area contributed by atoms with Crippen molar-refractivity contribution >= 4 is 11.6 Å². The van der Waals surface area contributed by atoms with Gasteiger partial charge in [-0.05, 0) is 41.3 Å². The Morgan fingerprint density at radius 1 is 1.05 bits per heavy atom. The van der Waals surface area contributed by atoms with Crippen molar-refractivity contribution in [2.75, 3.05) is 5.32 Å². The molecule has 116 valence electrons. The summed E-state index contributed by atoms with van der Waals surface area (Å²) >= 11 is 0. The predicted octanol–water partition coefficient (Wildman–Crippen LogP) is 4.89. The van der Waals surface area contributed by atoms with Gasteiger partial charge < -0.3 is 5.32 Å². The van der Waals surface area contributed by atoms with Crippen molar-refractivity contribution < 1.29 is 18.0 Å². The lowest BCUT2D eigenvalue weighted by atomic mass is 10.00. The summed E-state index contributed by atoms with van der Waals surface area (Å²) in [6.45, 7) is 3.27. The highest BCUT2D eigenvalue weighted by Gasteiger charge is 2.31. The summed E-state index contributed by atoms with van der Waals surface area (Å²) in [6, 6.07) is 10.9. The number of benzene rings is 2. The van der Waals surface area contributed by atoms with Gasteiger partial charge in [-0.15, -0.1) is 0 Å². The van der Waals surface area contributed by atoms with Crippen LogP contribution in [-0.4, -0.2) is 5.91 Å². The van der Waals surface area contributed by atoms with E-state index in [1.165, 1.54) is 13.0 Å². The van der Waals surface area contributed by atoms with Crippen LogP contribution < -0.4 is 5.32 Å². The van der Waals surface area contributed by atoms with Gasteiger partial charge in [0.05, 0.1) is 5.56 Å². The van der Waals surface area contributed by atoms with Crippen molar-refractivity contribution in [2.24, 2.45) is 0 Å². The second kappa shape index (κ2) is 6.22. The molecule has 0 radical (unpaired) electrons. The molecule has 22 heavy (non-hydrogen) atoms. The Morgan fingerprint density at radius 3 is 2.18 bits per heavy atom. The first-order chi connectivity index (χ1) is 10.3. The van der Waals surface area contributed by atoms with Gasteiger partial charge in [-0.1, -0.05) is 31.2 Å². The number of halogens is 3. The molecule has 0 heterocycles. The number of carbonyl (C=O) groups excluding carboxylic acids is 1. The Kier molecular flexibility index (Phi) is 4.54. The zero-order valence-electron chi connectivity index (χ0n) is 12.3. The molecular weight excluding hydrogens is 291 g/mol. The molecule has 0 aliphatic rings. The van der Waals surface area contributed by atoms with Crippen LogP contribution in [0.25, 0.3) is 11.1 Å². The van der Waals surface area contributed by atoms with Crippen LogP contribution in [0.15, 0.2) is 42.5 Å². The van der Waals surface area contributed by atoms with E-state index in [0.717, 1.165) is 24.1 Å². The van der Waals surface area contributed by atoms with E-state index in [0.29, 0.717) is 11.1 Å². The molecule has 2 rings (SSSR count). The van der Waals surface area contributed by atoms with Gasteiger partial charge in [0.1, 0.15) is 0 Å². The first kappa shape index (κ1) is 16.1. The average molecular weight is 307 g/mol. The number of hydrogen-bond donors (Lipinski definition) is 1. The minimum atomic E-state index is -4.47. The van der Waals surface area contributed by atoms with Crippen LogP contribution in [0.3, 0.4) is 0 Å². The lowest BCUT2D eigenvalue weighted by Gasteiger charge is -2.13. The molecule has 0 saturated carbocycles. The third-order valence-electron chi connectivity index (χ3n) is 3.28. The molecule has 2 aromatic rings. The number of anilines is 1. The van der Waals surface area contributed by atoms with Crippen LogP contribution in [0.2, 0.25) is 0 Å². The van der Waals surface area contributed by atoms with Crippen molar-refractivity contribution in [3.63, 3.8) is 0 Å². The predicted molar refractivity (Wildman–Crippen MR) is 80.6 cm³/mol. The van der Waals surface area contributed by atoms with E-state index in [9.17, 15) is 18.0 Å². The van der Waals surface area contributed by atoms with E-state index in [1.54, 1.807) is 12.1 Å². The SMILES string of the molecule is CCc1ccc(-c2cc(NC(C)=O)cc(C(F)(F)F)c2)cc1. The number of amides is 1. The Labute approximate surface area is 127 Å². The second-order valence-corrected chi connectivity index (χ2v) is 5.03. The largest absolute Gasteiger partial charge is 0.416 e. The maximum absolute atomic E-state index is 13.0. The molecule has 1 amide bonds. The lowest BCUT2D eigenvalue weighted by molar-refractivity contribution is -0.137. The number of rotatable bonds is 3. The maximum atomic E-state index is 13.0. The minimum absolute atomic E-state index is 0.136. The first-order valence-electron chi connectivity index (χ1n) is 6.89. The van der Waals surface area contributed by atoms with Crippen LogP contribution in [0.5, 0.6) is 0 Å². The van der Waals surface area contributed by atoms with E-state index in [2.05, 4.69) is 5.32 Å². The smallest absolute Gasteiger partial charge is 0.326 e. The normalized spacial score (nSPS) is 11.3. The average Bonchev–Trinajstić information content (AvgIpc) is 2.45. The molecule has 0 fully saturated rings.